The van der Waals surface area contributed by atoms with Gasteiger partial charge in [0, 0.05) is 0 Å². The number of hydrogen-bond acceptors (Lipinski definition) is 1. The van der Waals surface area contributed by atoms with Crippen molar-refractivity contribution in [1.82, 2.24) is 0 Å². The Balaban J connectivity index is 3.71. The molecule has 1 heteroatoms. The molecule has 0 aromatic rings. The quantitative estimate of drug-likeness (QED) is 0.582. The predicted octanol–water partition coefficient (Wildman–Crippen LogP) is 4.59. The molecule has 0 aromatic carbocycles. The Morgan fingerprint density at radius 2 is 1.85 bits per heavy atom. The molecule has 80 valence electrons. The van der Waals surface area contributed by atoms with E-state index in [1.54, 1.807) is 0 Å². The molecule has 0 amide bonds. The molecule has 0 aliphatic heterocycles. The third kappa shape index (κ3) is 7.42. The Morgan fingerprint density at radius 1 is 1.23 bits per heavy atom. The van der Waals surface area contributed by atoms with Gasteiger partial charge in [-0.2, -0.15) is 11.8 Å². The van der Waals surface area contributed by atoms with Crippen LogP contribution in [-0.2, 0) is 0 Å². The maximum absolute atomic E-state index is 2.40. The normalized spacial score (nSPS) is 14.5. The van der Waals surface area contributed by atoms with Gasteiger partial charge in [-0.05, 0) is 29.3 Å². The molecule has 0 fully saturated rings. The second-order valence-electron chi connectivity index (χ2n) is 4.90. The summed E-state index contributed by atoms with van der Waals surface area (Å²) in [6, 6.07) is 0. The van der Waals surface area contributed by atoms with Crippen molar-refractivity contribution in [2.45, 2.75) is 53.9 Å². The fraction of sp³-hybridized carbons (Fsp3) is 1.00. The maximum atomic E-state index is 2.40. The van der Waals surface area contributed by atoms with Crippen molar-refractivity contribution in [1.29, 1.82) is 0 Å². The molecule has 0 saturated carbocycles. The average molecular weight is 202 g/mol. The van der Waals surface area contributed by atoms with Crippen LogP contribution in [0.4, 0.5) is 0 Å². The second-order valence-corrected chi connectivity index (χ2v) is 6.17. The highest BCUT2D eigenvalue weighted by atomic mass is 32.2. The highest BCUT2D eigenvalue weighted by molar-refractivity contribution is 7.99. The zero-order chi connectivity index (χ0) is 10.3. The van der Waals surface area contributed by atoms with Crippen LogP contribution in [0.2, 0.25) is 0 Å². The van der Waals surface area contributed by atoms with Gasteiger partial charge < -0.3 is 0 Å². The molecule has 0 rings (SSSR count). The lowest BCUT2D eigenvalue weighted by Crippen LogP contribution is -2.18. The minimum Gasteiger partial charge on any atom is -0.162 e. The van der Waals surface area contributed by atoms with E-state index in [-0.39, 0.29) is 0 Å². The molecule has 0 bridgehead atoms. The molecule has 0 radical (unpaired) electrons. The molecule has 0 heterocycles. The molecule has 13 heavy (non-hydrogen) atoms. The van der Waals surface area contributed by atoms with Crippen molar-refractivity contribution in [3.8, 4) is 0 Å². The minimum atomic E-state index is 0.537. The van der Waals surface area contributed by atoms with Crippen LogP contribution in [0, 0.1) is 11.3 Å². The highest BCUT2D eigenvalue weighted by Crippen LogP contribution is 2.31. The number of rotatable bonds is 7. The van der Waals surface area contributed by atoms with Crippen molar-refractivity contribution >= 4 is 11.8 Å². The van der Waals surface area contributed by atoms with Gasteiger partial charge in [0.2, 0.25) is 0 Å². The largest absolute Gasteiger partial charge is 0.162 e. The van der Waals surface area contributed by atoms with Gasteiger partial charge in [0.15, 0.2) is 0 Å². The molecule has 0 N–H and O–H groups in total. The van der Waals surface area contributed by atoms with Crippen LogP contribution in [0.25, 0.3) is 0 Å². The van der Waals surface area contributed by atoms with Crippen LogP contribution in [0.1, 0.15) is 53.9 Å². The fourth-order valence-corrected chi connectivity index (χ4v) is 2.85. The summed E-state index contributed by atoms with van der Waals surface area (Å²) < 4.78 is 0. The summed E-state index contributed by atoms with van der Waals surface area (Å²) in [7, 11) is 0. The van der Waals surface area contributed by atoms with E-state index in [4.69, 9.17) is 0 Å². The maximum Gasteiger partial charge on any atom is -0.00161 e. The predicted molar refractivity (Wildman–Crippen MR) is 65.5 cm³/mol. The third-order valence-corrected chi connectivity index (χ3v) is 3.77. The Bertz CT molecular complexity index is 118. The molecule has 0 aromatic heterocycles. The van der Waals surface area contributed by atoms with Gasteiger partial charge in [0.1, 0.15) is 0 Å². The van der Waals surface area contributed by atoms with E-state index >= 15 is 0 Å². The fourth-order valence-electron chi connectivity index (χ4n) is 1.98. The molecule has 1 unspecified atom stereocenters. The molecule has 0 saturated heterocycles. The molecule has 0 spiro atoms. The van der Waals surface area contributed by atoms with Crippen molar-refractivity contribution in [3.05, 3.63) is 0 Å². The summed E-state index contributed by atoms with van der Waals surface area (Å²) in [6.07, 6.45) is 4.10. The number of hydrogen-bond donors (Lipinski definition) is 0. The van der Waals surface area contributed by atoms with Crippen molar-refractivity contribution in [2.75, 3.05) is 11.5 Å². The lowest BCUT2D eigenvalue weighted by atomic mass is 9.83. The van der Waals surface area contributed by atoms with Crippen LogP contribution < -0.4 is 0 Å². The van der Waals surface area contributed by atoms with E-state index in [2.05, 4.69) is 46.4 Å². The van der Waals surface area contributed by atoms with Crippen LogP contribution in [0.3, 0.4) is 0 Å². The van der Waals surface area contributed by atoms with E-state index in [0.717, 1.165) is 5.92 Å². The molecular formula is C12H26S. The first-order chi connectivity index (χ1) is 6.02. The van der Waals surface area contributed by atoms with E-state index in [1.807, 2.05) is 0 Å². The van der Waals surface area contributed by atoms with Crippen LogP contribution >= 0.6 is 11.8 Å². The van der Waals surface area contributed by atoms with Crippen LogP contribution in [-0.4, -0.2) is 11.5 Å². The Morgan fingerprint density at radius 3 is 2.31 bits per heavy atom. The number of thioether (sulfide) groups is 1. The zero-order valence-electron chi connectivity index (χ0n) is 10.0. The summed E-state index contributed by atoms with van der Waals surface area (Å²) in [5, 5.41) is 0. The van der Waals surface area contributed by atoms with E-state index in [0.29, 0.717) is 5.41 Å². The topological polar surface area (TPSA) is 0 Å². The van der Waals surface area contributed by atoms with Crippen LogP contribution in [0.5, 0.6) is 0 Å². The summed E-state index contributed by atoms with van der Waals surface area (Å²) in [4.78, 5) is 0. The van der Waals surface area contributed by atoms with E-state index < -0.39 is 0 Å². The molecule has 0 aliphatic rings. The lowest BCUT2D eigenvalue weighted by molar-refractivity contribution is 0.302. The first kappa shape index (κ1) is 13.4. The average Bonchev–Trinajstić information content (AvgIpc) is 2.00. The zero-order valence-corrected chi connectivity index (χ0v) is 10.8. The van der Waals surface area contributed by atoms with Crippen molar-refractivity contribution < 1.29 is 0 Å². The van der Waals surface area contributed by atoms with Crippen molar-refractivity contribution in [3.63, 3.8) is 0 Å². The first-order valence-corrected chi connectivity index (χ1v) is 6.75. The van der Waals surface area contributed by atoms with E-state index in [1.165, 1.54) is 30.8 Å². The molecule has 0 nitrogen and oxygen atoms in total. The Labute approximate surface area is 88.9 Å². The summed E-state index contributed by atoms with van der Waals surface area (Å²) in [6.45, 7) is 11.7. The van der Waals surface area contributed by atoms with Gasteiger partial charge >= 0.3 is 0 Å². The molecule has 0 aliphatic carbocycles. The monoisotopic (exact) mass is 202 g/mol. The Kier molecular flexibility index (Phi) is 6.93. The van der Waals surface area contributed by atoms with Gasteiger partial charge in [0.05, 0.1) is 0 Å². The van der Waals surface area contributed by atoms with Gasteiger partial charge in [-0.15, -0.1) is 0 Å². The third-order valence-electron chi connectivity index (χ3n) is 2.38. The van der Waals surface area contributed by atoms with Gasteiger partial charge in [-0.1, -0.05) is 47.5 Å². The molecular weight excluding hydrogens is 176 g/mol. The van der Waals surface area contributed by atoms with Gasteiger partial charge in [0.25, 0.3) is 0 Å². The second kappa shape index (κ2) is 6.75. The van der Waals surface area contributed by atoms with Gasteiger partial charge in [-0.25, -0.2) is 0 Å². The van der Waals surface area contributed by atoms with Gasteiger partial charge in [-0.3, -0.25) is 0 Å². The highest BCUT2D eigenvalue weighted by Gasteiger charge is 2.20. The minimum absolute atomic E-state index is 0.537. The molecule has 1 atom stereocenters. The summed E-state index contributed by atoms with van der Waals surface area (Å²) >= 11 is 2.08. The summed E-state index contributed by atoms with van der Waals surface area (Å²) in [5.74, 6) is 3.47. The first-order valence-electron chi connectivity index (χ1n) is 5.59. The standard InChI is InChI=1S/C12H26S/c1-6-8-11(3)9-12(4,5)10-13-7-2/h11H,6-10H2,1-5H3. The summed E-state index contributed by atoms with van der Waals surface area (Å²) in [5.41, 5.74) is 0.537. The van der Waals surface area contributed by atoms with E-state index in [9.17, 15) is 0 Å². The lowest BCUT2D eigenvalue weighted by Gasteiger charge is -2.27. The van der Waals surface area contributed by atoms with Crippen molar-refractivity contribution in [2.24, 2.45) is 11.3 Å². The Hall–Kier alpha value is 0.350. The smallest absolute Gasteiger partial charge is 0.00161 e. The van der Waals surface area contributed by atoms with Crippen LogP contribution in [0.15, 0.2) is 0 Å². The SMILES string of the molecule is CCCC(C)CC(C)(C)CSCC.